The maximum atomic E-state index is 13.3. The lowest BCUT2D eigenvalue weighted by Gasteiger charge is -2.42. The second-order valence-electron chi connectivity index (χ2n) is 10.2. The zero-order valence-corrected chi connectivity index (χ0v) is 21.8. The number of esters is 3. The number of aliphatic hydroxyl groups is 1. The highest BCUT2D eigenvalue weighted by Gasteiger charge is 2.55. The number of piperidine rings is 1. The van der Waals surface area contributed by atoms with Crippen LogP contribution in [-0.2, 0) is 35.1 Å². The summed E-state index contributed by atoms with van der Waals surface area (Å²) in [7, 11) is 0. The summed E-state index contributed by atoms with van der Waals surface area (Å²) in [6.07, 6.45) is -1.39. The van der Waals surface area contributed by atoms with Gasteiger partial charge in [-0.1, -0.05) is 6.07 Å². The molecule has 0 spiro atoms. The number of ether oxygens (including phenoxy) is 4. The zero-order chi connectivity index (χ0) is 27.2. The first-order chi connectivity index (χ1) is 18.2. The van der Waals surface area contributed by atoms with E-state index in [2.05, 4.69) is 4.90 Å². The molecule has 2 atom stereocenters. The third kappa shape index (κ3) is 4.33. The van der Waals surface area contributed by atoms with Crippen LogP contribution < -0.4 is 0 Å². The van der Waals surface area contributed by atoms with Crippen molar-refractivity contribution in [2.45, 2.75) is 52.4 Å². The van der Waals surface area contributed by atoms with Gasteiger partial charge >= 0.3 is 24.0 Å². The minimum absolute atomic E-state index is 0.00699. The molecule has 38 heavy (non-hydrogen) atoms. The molecule has 1 aromatic carbocycles. The summed E-state index contributed by atoms with van der Waals surface area (Å²) in [4.78, 5) is 53.1. The number of amides is 1. The van der Waals surface area contributed by atoms with E-state index in [1.165, 1.54) is 4.90 Å². The number of nitrogens with zero attached hydrogens (tertiary/aromatic N) is 2. The first kappa shape index (κ1) is 26.2. The number of rotatable bonds is 7. The highest BCUT2D eigenvalue weighted by Crippen LogP contribution is 2.42. The van der Waals surface area contributed by atoms with Crippen molar-refractivity contribution in [2.24, 2.45) is 5.41 Å². The topological polar surface area (TPSA) is 132 Å². The van der Waals surface area contributed by atoms with E-state index >= 15 is 0 Å². The summed E-state index contributed by atoms with van der Waals surface area (Å²) in [5, 5.41) is 11.0. The van der Waals surface area contributed by atoms with Gasteiger partial charge in [0.05, 0.1) is 36.1 Å². The summed E-state index contributed by atoms with van der Waals surface area (Å²) in [5.41, 5.74) is 2.70. The molecule has 1 unspecified atom stereocenters. The van der Waals surface area contributed by atoms with Crippen molar-refractivity contribution < 1.29 is 43.2 Å². The van der Waals surface area contributed by atoms with Gasteiger partial charge in [-0.05, 0) is 63.9 Å². The predicted molar refractivity (Wildman–Crippen MR) is 131 cm³/mol. The minimum Gasteiger partial charge on any atom is -0.465 e. The molecule has 0 bridgehead atoms. The summed E-state index contributed by atoms with van der Waals surface area (Å²) < 4.78 is 21.3. The number of benzene rings is 1. The van der Waals surface area contributed by atoms with Crippen LogP contribution in [0.15, 0.2) is 23.4 Å². The maximum absolute atomic E-state index is 13.3. The van der Waals surface area contributed by atoms with Gasteiger partial charge in [0.15, 0.2) is 0 Å². The van der Waals surface area contributed by atoms with Crippen molar-refractivity contribution in [1.82, 2.24) is 9.80 Å². The number of aliphatic hydroxyl groups excluding tert-OH is 1. The largest absolute Gasteiger partial charge is 0.465 e. The Morgan fingerprint density at radius 1 is 1.13 bits per heavy atom. The fourth-order valence-corrected chi connectivity index (χ4v) is 5.86. The van der Waals surface area contributed by atoms with Crippen LogP contribution in [-0.4, -0.2) is 84.4 Å². The van der Waals surface area contributed by atoms with Crippen molar-refractivity contribution in [3.05, 3.63) is 45.7 Å². The standard InChI is InChI=1S/C27H32N2O9/c1-4-35-25(33)27(22-12-29(26(34)38-22)20-14-37-23(31)16(20)3)7-9-28(10-8-27)11-21(30)17-5-6-18-19(15(17)2)13-36-24(18)32/h5-6,21-22,30H,4,7-14H2,1-3H3/t21-,22?/m0/s1. The molecule has 5 rings (SSSR count). The summed E-state index contributed by atoms with van der Waals surface area (Å²) in [6, 6.07) is 3.46. The van der Waals surface area contributed by atoms with Gasteiger partial charge in [-0.3, -0.25) is 9.69 Å². The molecule has 0 aliphatic carbocycles. The average Bonchev–Trinajstić information content (AvgIpc) is 3.57. The van der Waals surface area contributed by atoms with Crippen molar-refractivity contribution >= 4 is 24.0 Å². The summed E-state index contributed by atoms with van der Waals surface area (Å²) in [6.45, 7) is 7.05. The lowest BCUT2D eigenvalue weighted by molar-refractivity contribution is -0.166. The Morgan fingerprint density at radius 2 is 1.84 bits per heavy atom. The van der Waals surface area contributed by atoms with E-state index in [0.29, 0.717) is 49.3 Å². The molecule has 0 saturated carbocycles. The normalized spacial score (nSPS) is 23.7. The van der Waals surface area contributed by atoms with E-state index in [1.807, 2.05) is 6.92 Å². The average molecular weight is 529 g/mol. The molecular formula is C27H32N2O9. The minimum atomic E-state index is -1.04. The Kier molecular flexibility index (Phi) is 6.91. The number of hydrogen-bond acceptors (Lipinski definition) is 10. The summed E-state index contributed by atoms with van der Waals surface area (Å²) in [5.74, 6) is -1.23. The zero-order valence-electron chi connectivity index (χ0n) is 21.8. The number of fused-ring (bicyclic) bond motifs is 1. The van der Waals surface area contributed by atoms with Crippen LogP contribution >= 0.6 is 0 Å². The van der Waals surface area contributed by atoms with Crippen molar-refractivity contribution in [3.63, 3.8) is 0 Å². The molecule has 2 saturated heterocycles. The van der Waals surface area contributed by atoms with Gasteiger partial charge in [0.1, 0.15) is 24.7 Å². The predicted octanol–water partition coefficient (Wildman–Crippen LogP) is 2.00. The van der Waals surface area contributed by atoms with Gasteiger partial charge < -0.3 is 29.0 Å². The molecule has 4 heterocycles. The molecule has 4 aliphatic heterocycles. The molecule has 0 radical (unpaired) electrons. The Morgan fingerprint density at radius 3 is 2.50 bits per heavy atom. The van der Waals surface area contributed by atoms with E-state index < -0.39 is 35.7 Å². The van der Waals surface area contributed by atoms with E-state index in [9.17, 15) is 24.3 Å². The molecular weight excluding hydrogens is 496 g/mol. The van der Waals surface area contributed by atoms with Crippen LogP contribution in [0, 0.1) is 12.3 Å². The van der Waals surface area contributed by atoms with Crippen molar-refractivity contribution in [2.75, 3.05) is 39.4 Å². The lowest BCUT2D eigenvalue weighted by atomic mass is 9.73. The molecule has 11 nitrogen and oxygen atoms in total. The fraction of sp³-hybridized carbons (Fsp3) is 0.556. The highest BCUT2D eigenvalue weighted by molar-refractivity contribution is 5.94. The Labute approximate surface area is 220 Å². The highest BCUT2D eigenvalue weighted by atomic mass is 16.6. The van der Waals surface area contributed by atoms with Gasteiger partial charge in [0, 0.05) is 12.1 Å². The molecule has 4 aliphatic rings. The number of cyclic esters (lactones) is 3. The first-order valence-electron chi connectivity index (χ1n) is 12.9. The van der Waals surface area contributed by atoms with Crippen LogP contribution in [0.5, 0.6) is 0 Å². The van der Waals surface area contributed by atoms with Crippen LogP contribution in [0.2, 0.25) is 0 Å². The fourth-order valence-electron chi connectivity index (χ4n) is 5.86. The first-order valence-corrected chi connectivity index (χ1v) is 12.9. The lowest BCUT2D eigenvalue weighted by Crippen LogP contribution is -2.53. The Balaban J connectivity index is 1.29. The maximum Gasteiger partial charge on any atom is 0.414 e. The van der Waals surface area contributed by atoms with Crippen molar-refractivity contribution in [1.29, 1.82) is 0 Å². The van der Waals surface area contributed by atoms with Gasteiger partial charge in [-0.25, -0.2) is 14.4 Å². The van der Waals surface area contributed by atoms with E-state index in [0.717, 1.165) is 16.7 Å². The van der Waals surface area contributed by atoms with E-state index in [4.69, 9.17) is 18.9 Å². The van der Waals surface area contributed by atoms with Crippen LogP contribution in [0.25, 0.3) is 0 Å². The number of likely N-dealkylation sites (tertiary alicyclic amines) is 1. The molecule has 2 fully saturated rings. The Bertz CT molecular complexity index is 1220. The molecule has 11 heteroatoms. The number of carbonyl (C=O) groups is 4. The second-order valence-corrected chi connectivity index (χ2v) is 10.2. The monoisotopic (exact) mass is 528 g/mol. The van der Waals surface area contributed by atoms with Crippen molar-refractivity contribution in [3.8, 4) is 0 Å². The quantitative estimate of drug-likeness (QED) is 0.414. The van der Waals surface area contributed by atoms with Crippen LogP contribution in [0.4, 0.5) is 4.79 Å². The molecule has 1 N–H and O–H groups in total. The van der Waals surface area contributed by atoms with Gasteiger partial charge in [-0.15, -0.1) is 0 Å². The SMILES string of the molecule is CCOC(=O)C1(C2CN(C3=C(C)C(=O)OC3)C(=O)O2)CCN(C[C@H](O)c2ccc3c(c2C)COC3=O)CC1. The third-order valence-electron chi connectivity index (χ3n) is 8.26. The van der Waals surface area contributed by atoms with Crippen LogP contribution in [0.1, 0.15) is 59.8 Å². The van der Waals surface area contributed by atoms with Gasteiger partial charge in [0.2, 0.25) is 0 Å². The molecule has 1 aromatic rings. The number of carbonyl (C=O) groups excluding carboxylic acids is 4. The molecule has 0 aromatic heterocycles. The molecule has 1 amide bonds. The van der Waals surface area contributed by atoms with Gasteiger partial charge in [-0.2, -0.15) is 0 Å². The molecule has 204 valence electrons. The number of hydrogen-bond donors (Lipinski definition) is 1. The van der Waals surface area contributed by atoms with E-state index in [1.54, 1.807) is 26.0 Å². The second kappa shape index (κ2) is 10.0. The van der Waals surface area contributed by atoms with Gasteiger partial charge in [0.25, 0.3) is 0 Å². The smallest absolute Gasteiger partial charge is 0.414 e. The number of β-amino-alcohol motifs (C(OH)–C–C–N with tert-alkyl or cyclic N) is 1. The van der Waals surface area contributed by atoms with Crippen LogP contribution in [0.3, 0.4) is 0 Å². The third-order valence-corrected chi connectivity index (χ3v) is 8.26. The Hall–Kier alpha value is -3.44. The summed E-state index contributed by atoms with van der Waals surface area (Å²) >= 11 is 0. The van der Waals surface area contributed by atoms with E-state index in [-0.39, 0.29) is 32.3 Å².